The van der Waals surface area contributed by atoms with Crippen LogP contribution in [0, 0.1) is 19.3 Å². The zero-order valence-corrected chi connectivity index (χ0v) is 17.4. The van der Waals surface area contributed by atoms with Crippen molar-refractivity contribution in [2.24, 2.45) is 0 Å². The molecule has 0 atom stereocenters. The van der Waals surface area contributed by atoms with Crippen LogP contribution < -0.4 is 4.90 Å². The molecule has 4 rings (SSSR count). The molecule has 0 amide bonds. The standard InChI is InChI=1S/C21H18BrN3OS/c1-12-3-5-14(6-4-12)19-13(2)27-21(24-19)18-17(26)11-25(20(18)23)16-9-7-15(22)8-10-16/h3-10,23,26H,11H2,1-2H3. The third-order valence-corrected chi connectivity index (χ3v) is 6.09. The Morgan fingerprint density at radius 3 is 2.41 bits per heavy atom. The first-order valence-corrected chi connectivity index (χ1v) is 10.1. The topological polar surface area (TPSA) is 60.2 Å². The zero-order chi connectivity index (χ0) is 19.1. The van der Waals surface area contributed by atoms with Crippen LogP contribution in [0.15, 0.2) is 58.8 Å². The SMILES string of the molecule is Cc1ccc(-c2nc(C3=C(O)CN(c4ccc(Br)cc4)C3=N)sc2C)cc1. The summed E-state index contributed by atoms with van der Waals surface area (Å²) in [5, 5.41) is 19.8. The summed E-state index contributed by atoms with van der Waals surface area (Å²) in [5.74, 6) is 0.464. The molecule has 0 aliphatic carbocycles. The predicted octanol–water partition coefficient (Wildman–Crippen LogP) is 5.96. The Hall–Kier alpha value is -2.44. The Morgan fingerprint density at radius 2 is 1.74 bits per heavy atom. The highest BCUT2D eigenvalue weighted by Crippen LogP contribution is 2.36. The Balaban J connectivity index is 1.68. The second-order valence-corrected chi connectivity index (χ2v) is 8.64. The van der Waals surface area contributed by atoms with Gasteiger partial charge in [0.1, 0.15) is 16.6 Å². The van der Waals surface area contributed by atoms with E-state index in [2.05, 4.69) is 47.1 Å². The van der Waals surface area contributed by atoms with Crippen molar-refractivity contribution in [2.45, 2.75) is 13.8 Å². The van der Waals surface area contributed by atoms with Gasteiger partial charge in [-0.05, 0) is 38.1 Å². The van der Waals surface area contributed by atoms with Crippen molar-refractivity contribution in [3.63, 3.8) is 0 Å². The molecule has 0 radical (unpaired) electrons. The van der Waals surface area contributed by atoms with Gasteiger partial charge in [-0.25, -0.2) is 4.98 Å². The molecular formula is C21H18BrN3OS. The maximum absolute atomic E-state index is 10.6. The van der Waals surface area contributed by atoms with E-state index in [9.17, 15) is 5.11 Å². The van der Waals surface area contributed by atoms with Crippen LogP contribution in [0.25, 0.3) is 16.8 Å². The third kappa shape index (κ3) is 3.31. The van der Waals surface area contributed by atoms with Crippen molar-refractivity contribution in [3.05, 3.63) is 74.2 Å². The molecule has 27 heavy (non-hydrogen) atoms. The normalized spacial score (nSPS) is 14.3. The molecule has 6 heteroatoms. The minimum atomic E-state index is 0.187. The number of halogens is 1. The highest BCUT2D eigenvalue weighted by atomic mass is 79.9. The number of aromatic nitrogens is 1. The maximum Gasteiger partial charge on any atom is 0.139 e. The number of rotatable bonds is 3. The minimum Gasteiger partial charge on any atom is -0.510 e. The molecule has 2 N–H and O–H groups in total. The van der Waals surface area contributed by atoms with Crippen LogP contribution in [-0.4, -0.2) is 22.5 Å². The first-order chi connectivity index (χ1) is 12.9. The van der Waals surface area contributed by atoms with Gasteiger partial charge < -0.3 is 10.0 Å². The van der Waals surface area contributed by atoms with E-state index in [1.165, 1.54) is 16.9 Å². The predicted molar refractivity (Wildman–Crippen MR) is 116 cm³/mol. The lowest BCUT2D eigenvalue weighted by molar-refractivity contribution is 0.411. The fraction of sp³-hybridized carbons (Fsp3) is 0.143. The van der Waals surface area contributed by atoms with E-state index in [0.717, 1.165) is 26.3 Å². The molecule has 0 saturated carbocycles. The van der Waals surface area contributed by atoms with E-state index in [0.29, 0.717) is 10.6 Å². The third-order valence-electron chi connectivity index (χ3n) is 4.58. The molecular weight excluding hydrogens is 422 g/mol. The van der Waals surface area contributed by atoms with Gasteiger partial charge in [0.25, 0.3) is 0 Å². The second kappa shape index (κ2) is 6.94. The van der Waals surface area contributed by atoms with E-state index in [1.807, 2.05) is 31.2 Å². The average molecular weight is 440 g/mol. The number of hydrogen-bond donors (Lipinski definition) is 2. The number of aryl methyl sites for hydroxylation is 2. The summed E-state index contributed by atoms with van der Waals surface area (Å²) in [4.78, 5) is 7.62. The van der Waals surface area contributed by atoms with E-state index in [-0.39, 0.29) is 18.1 Å². The lowest BCUT2D eigenvalue weighted by Crippen LogP contribution is -2.25. The summed E-state index contributed by atoms with van der Waals surface area (Å²) in [7, 11) is 0. The summed E-state index contributed by atoms with van der Waals surface area (Å²) in [6, 6.07) is 16.0. The lowest BCUT2D eigenvalue weighted by Gasteiger charge is -2.18. The first kappa shape index (κ1) is 17.9. The molecule has 0 bridgehead atoms. The molecule has 2 aromatic carbocycles. The van der Waals surface area contributed by atoms with E-state index < -0.39 is 0 Å². The lowest BCUT2D eigenvalue weighted by atomic mass is 10.1. The number of benzene rings is 2. The van der Waals surface area contributed by atoms with Crippen molar-refractivity contribution >= 4 is 44.4 Å². The number of nitrogens with zero attached hydrogens (tertiary/aromatic N) is 2. The second-order valence-electron chi connectivity index (χ2n) is 6.52. The van der Waals surface area contributed by atoms with Crippen molar-refractivity contribution < 1.29 is 5.11 Å². The highest BCUT2D eigenvalue weighted by Gasteiger charge is 2.31. The van der Waals surface area contributed by atoms with Crippen LogP contribution >= 0.6 is 27.3 Å². The van der Waals surface area contributed by atoms with Crippen LogP contribution in [0.2, 0.25) is 0 Å². The molecule has 0 fully saturated rings. The van der Waals surface area contributed by atoms with Gasteiger partial charge in [-0.2, -0.15) is 0 Å². The Morgan fingerprint density at radius 1 is 1.07 bits per heavy atom. The van der Waals surface area contributed by atoms with E-state index >= 15 is 0 Å². The zero-order valence-electron chi connectivity index (χ0n) is 15.0. The molecule has 0 spiro atoms. The number of hydrogen-bond acceptors (Lipinski definition) is 4. The molecule has 1 aliphatic heterocycles. The van der Waals surface area contributed by atoms with Gasteiger partial charge in [0.15, 0.2) is 0 Å². The Labute approximate surface area is 170 Å². The van der Waals surface area contributed by atoms with Gasteiger partial charge in [-0.15, -0.1) is 11.3 Å². The molecule has 0 saturated heterocycles. The highest BCUT2D eigenvalue weighted by molar-refractivity contribution is 9.10. The van der Waals surface area contributed by atoms with E-state index in [4.69, 9.17) is 10.4 Å². The fourth-order valence-electron chi connectivity index (χ4n) is 3.13. The number of anilines is 1. The quantitative estimate of drug-likeness (QED) is 0.529. The maximum atomic E-state index is 10.6. The summed E-state index contributed by atoms with van der Waals surface area (Å²) < 4.78 is 0.979. The molecule has 1 aromatic heterocycles. The van der Waals surface area contributed by atoms with E-state index in [1.54, 1.807) is 4.90 Å². The molecule has 0 unspecified atom stereocenters. The minimum absolute atomic E-state index is 0.187. The number of thiazole rings is 1. The number of aliphatic hydroxyl groups excluding tert-OH is 1. The van der Waals surface area contributed by atoms with Gasteiger partial charge in [0, 0.05) is 20.6 Å². The molecule has 2 heterocycles. The van der Waals surface area contributed by atoms with Crippen LogP contribution in [0.3, 0.4) is 0 Å². The molecule has 4 nitrogen and oxygen atoms in total. The summed E-state index contributed by atoms with van der Waals surface area (Å²) in [5.41, 5.74) is 4.55. The van der Waals surface area contributed by atoms with Gasteiger partial charge in [0.05, 0.1) is 17.8 Å². The van der Waals surface area contributed by atoms with Crippen LogP contribution in [0.5, 0.6) is 0 Å². The van der Waals surface area contributed by atoms with Crippen molar-refractivity contribution in [1.29, 1.82) is 5.41 Å². The number of nitrogens with one attached hydrogen (secondary N) is 1. The van der Waals surface area contributed by atoms with Gasteiger partial charge in [0.2, 0.25) is 0 Å². The first-order valence-electron chi connectivity index (χ1n) is 8.53. The van der Waals surface area contributed by atoms with Crippen LogP contribution in [0.1, 0.15) is 15.4 Å². The monoisotopic (exact) mass is 439 g/mol. The van der Waals surface area contributed by atoms with Gasteiger partial charge >= 0.3 is 0 Å². The molecule has 136 valence electrons. The van der Waals surface area contributed by atoms with Gasteiger partial charge in [-0.3, -0.25) is 5.41 Å². The average Bonchev–Trinajstić information content (AvgIpc) is 3.16. The Kier molecular flexibility index (Phi) is 4.61. The molecule has 3 aromatic rings. The fourth-order valence-corrected chi connectivity index (χ4v) is 4.40. The number of amidine groups is 1. The molecule has 1 aliphatic rings. The summed E-state index contributed by atoms with van der Waals surface area (Å²) >= 11 is 4.94. The van der Waals surface area contributed by atoms with Gasteiger partial charge in [-0.1, -0.05) is 45.8 Å². The largest absolute Gasteiger partial charge is 0.510 e. The number of aliphatic hydroxyl groups is 1. The van der Waals surface area contributed by atoms with Crippen LogP contribution in [-0.2, 0) is 0 Å². The van der Waals surface area contributed by atoms with Crippen molar-refractivity contribution in [3.8, 4) is 11.3 Å². The smallest absolute Gasteiger partial charge is 0.139 e. The van der Waals surface area contributed by atoms with Crippen molar-refractivity contribution in [1.82, 2.24) is 4.98 Å². The Bertz CT molecular complexity index is 1050. The van der Waals surface area contributed by atoms with Crippen molar-refractivity contribution in [2.75, 3.05) is 11.4 Å². The summed E-state index contributed by atoms with van der Waals surface area (Å²) in [6.07, 6.45) is 0. The van der Waals surface area contributed by atoms with Crippen LogP contribution in [0.4, 0.5) is 5.69 Å². The summed E-state index contributed by atoms with van der Waals surface area (Å²) in [6.45, 7) is 4.37.